The molecule has 0 radical (unpaired) electrons. The molecule has 0 atom stereocenters. The van der Waals surface area contributed by atoms with Gasteiger partial charge in [0.25, 0.3) is 5.91 Å². The average Bonchev–Trinajstić information content (AvgIpc) is 2.68. The van der Waals surface area contributed by atoms with Gasteiger partial charge in [0.2, 0.25) is 0 Å². The fourth-order valence-electron chi connectivity index (χ4n) is 2.13. The first kappa shape index (κ1) is 20.3. The monoisotopic (exact) mass is 432 g/mol. The number of methoxy groups -OCH3 is 1. The van der Waals surface area contributed by atoms with Gasteiger partial charge in [0, 0.05) is 27.9 Å². The van der Waals surface area contributed by atoms with Crippen LogP contribution < -0.4 is 10.2 Å². The number of aliphatic imine (C=N–C) groups is 1. The lowest BCUT2D eigenvalue weighted by Crippen LogP contribution is -2.14. The number of nitrogens with one attached hydrogen (secondary N) is 1. The van der Waals surface area contributed by atoms with Crippen molar-refractivity contribution in [2.75, 3.05) is 13.7 Å². The van der Waals surface area contributed by atoms with E-state index in [-0.39, 0.29) is 18.1 Å². The lowest BCUT2D eigenvalue weighted by molar-refractivity contribution is -0.124. The number of phenols is 1. The highest BCUT2D eigenvalue weighted by Crippen LogP contribution is 2.31. The van der Waals surface area contributed by atoms with Gasteiger partial charge in [0.15, 0.2) is 17.3 Å². The minimum Gasteiger partial charge on any atom is -0.504 e. The van der Waals surface area contributed by atoms with E-state index in [0.29, 0.717) is 26.9 Å². The molecule has 0 saturated carbocycles. The van der Waals surface area contributed by atoms with E-state index in [1.807, 2.05) is 0 Å². The minimum absolute atomic E-state index is 0.00297. The predicted molar refractivity (Wildman–Crippen MR) is 105 cm³/mol. The molecule has 7 nitrogen and oxygen atoms in total. The van der Waals surface area contributed by atoms with Crippen molar-refractivity contribution in [3.63, 3.8) is 0 Å². The van der Waals surface area contributed by atoms with Crippen LogP contribution in [-0.2, 0) is 4.79 Å². The first-order chi connectivity index (χ1) is 12.9. The number of hydrogen-bond donors (Lipinski definition) is 3. The molecule has 2 aromatic rings. The molecular weight excluding hydrogens is 416 g/mol. The summed E-state index contributed by atoms with van der Waals surface area (Å²) in [5, 5.41) is 18.1. The number of amides is 1. The molecule has 0 aliphatic rings. The second kappa shape index (κ2) is 9.65. The largest absolute Gasteiger partial charge is 0.504 e. The van der Waals surface area contributed by atoms with Crippen molar-refractivity contribution in [3.05, 3.63) is 63.6 Å². The Morgan fingerprint density at radius 1 is 1.26 bits per heavy atom. The van der Waals surface area contributed by atoms with E-state index >= 15 is 0 Å². The number of carbonyl (C=O) groups is 2. The summed E-state index contributed by atoms with van der Waals surface area (Å²) in [5.74, 6) is -0.494. The average molecular weight is 433 g/mol. The summed E-state index contributed by atoms with van der Waals surface area (Å²) in [6, 6.07) is 9.73. The number of benzene rings is 2. The molecule has 27 heavy (non-hydrogen) atoms. The minimum atomic E-state index is -0.637. The molecule has 0 fully saturated rings. The fraction of sp³-hybridized carbons (Fsp3) is 0.105. The smallest absolute Gasteiger partial charge is 0.267 e. The molecule has 0 aliphatic carbocycles. The van der Waals surface area contributed by atoms with Crippen molar-refractivity contribution in [3.8, 4) is 11.5 Å². The van der Waals surface area contributed by atoms with Gasteiger partial charge in [-0.3, -0.25) is 19.8 Å². The molecule has 2 aromatic carbocycles. The topological polar surface area (TPSA) is 108 Å². The summed E-state index contributed by atoms with van der Waals surface area (Å²) in [7, 11) is 1.45. The highest BCUT2D eigenvalue weighted by molar-refractivity contribution is 9.10. The van der Waals surface area contributed by atoms with Crippen molar-refractivity contribution in [1.29, 1.82) is 0 Å². The first-order valence-corrected chi connectivity index (χ1v) is 8.55. The Morgan fingerprint density at radius 2 is 1.96 bits per heavy atom. The fourth-order valence-corrected chi connectivity index (χ4v) is 2.56. The molecule has 140 valence electrons. The number of hydroxylamine groups is 1. The first-order valence-electron chi connectivity index (χ1n) is 7.76. The van der Waals surface area contributed by atoms with E-state index in [0.717, 1.165) is 0 Å². The molecule has 1 amide bonds. The van der Waals surface area contributed by atoms with E-state index in [1.165, 1.54) is 37.0 Å². The molecule has 0 aromatic heterocycles. The molecule has 0 saturated heterocycles. The van der Waals surface area contributed by atoms with Gasteiger partial charge in [-0.1, -0.05) is 24.3 Å². The maximum absolute atomic E-state index is 12.2. The van der Waals surface area contributed by atoms with Crippen molar-refractivity contribution in [2.24, 2.45) is 4.99 Å². The van der Waals surface area contributed by atoms with Crippen molar-refractivity contribution >= 4 is 39.9 Å². The van der Waals surface area contributed by atoms with E-state index in [9.17, 15) is 14.7 Å². The number of rotatable bonds is 7. The second-order valence-corrected chi connectivity index (χ2v) is 6.22. The van der Waals surface area contributed by atoms with Crippen LogP contribution in [0.25, 0.3) is 6.08 Å². The van der Waals surface area contributed by atoms with Crippen LogP contribution in [-0.4, -0.2) is 41.9 Å². The lowest BCUT2D eigenvalue weighted by Gasteiger charge is -2.06. The van der Waals surface area contributed by atoms with Crippen LogP contribution in [0.15, 0.2) is 51.9 Å². The van der Waals surface area contributed by atoms with Gasteiger partial charge in [-0.2, -0.15) is 0 Å². The number of ether oxygens (including phenoxy) is 1. The van der Waals surface area contributed by atoms with Gasteiger partial charge in [0.05, 0.1) is 7.11 Å². The van der Waals surface area contributed by atoms with Crippen LogP contribution in [0.5, 0.6) is 11.5 Å². The lowest BCUT2D eigenvalue weighted by atomic mass is 10.1. The van der Waals surface area contributed by atoms with Crippen LogP contribution in [0.2, 0.25) is 0 Å². The summed E-state index contributed by atoms with van der Waals surface area (Å²) in [6.07, 6.45) is 4.20. The summed E-state index contributed by atoms with van der Waals surface area (Å²) in [4.78, 5) is 27.3. The maximum atomic E-state index is 12.2. The summed E-state index contributed by atoms with van der Waals surface area (Å²) in [6.45, 7) is -0.0439. The third-order valence-electron chi connectivity index (χ3n) is 3.53. The van der Waals surface area contributed by atoms with Gasteiger partial charge in [-0.05, 0) is 39.7 Å². The van der Waals surface area contributed by atoms with Crippen LogP contribution in [0.3, 0.4) is 0 Å². The van der Waals surface area contributed by atoms with Gasteiger partial charge >= 0.3 is 0 Å². The molecule has 0 heterocycles. The van der Waals surface area contributed by atoms with Crippen molar-refractivity contribution < 1.29 is 24.6 Å². The zero-order valence-corrected chi connectivity index (χ0v) is 15.9. The molecule has 2 rings (SSSR count). The van der Waals surface area contributed by atoms with Gasteiger partial charge in [-0.15, -0.1) is 0 Å². The number of Topliss-reactive ketones (excluding diaryl/α,β-unsaturated/α-hetero) is 1. The molecule has 0 spiro atoms. The standard InChI is InChI=1S/C19H17BrN2O5/c1-27-18-8-14(15(20)9-16(18)23)10-21-11-17(24)13-5-2-12(3-6-13)4-7-19(25)22-26/h2-10,23,26H,11H2,1H3,(H,22,25)/b7-4+,21-10?. The van der Waals surface area contributed by atoms with E-state index in [2.05, 4.69) is 20.9 Å². The highest BCUT2D eigenvalue weighted by atomic mass is 79.9. The normalized spacial score (nSPS) is 11.1. The number of hydrogen-bond acceptors (Lipinski definition) is 6. The summed E-state index contributed by atoms with van der Waals surface area (Å²) < 4.78 is 5.67. The molecule has 0 unspecified atom stereocenters. The van der Waals surface area contributed by atoms with Crippen LogP contribution in [0, 0.1) is 0 Å². The zero-order valence-electron chi connectivity index (χ0n) is 14.3. The predicted octanol–water partition coefficient (Wildman–Crippen LogP) is 2.98. The Labute approximate surface area is 164 Å². The third-order valence-corrected chi connectivity index (χ3v) is 4.22. The Bertz CT molecular complexity index is 892. The number of aromatic hydroxyl groups is 1. The molecular formula is C19H17BrN2O5. The highest BCUT2D eigenvalue weighted by Gasteiger charge is 2.07. The number of halogens is 1. The van der Waals surface area contributed by atoms with Crippen LogP contribution in [0.4, 0.5) is 0 Å². The van der Waals surface area contributed by atoms with Crippen LogP contribution >= 0.6 is 15.9 Å². The number of carbonyl (C=O) groups excluding carboxylic acids is 2. The molecule has 8 heteroatoms. The molecule has 0 aliphatic heterocycles. The summed E-state index contributed by atoms with van der Waals surface area (Å²) >= 11 is 3.32. The Morgan fingerprint density at radius 3 is 2.59 bits per heavy atom. The van der Waals surface area contributed by atoms with Crippen LogP contribution in [0.1, 0.15) is 21.5 Å². The quantitative estimate of drug-likeness (QED) is 0.205. The molecule has 0 bridgehead atoms. The van der Waals surface area contributed by atoms with Gasteiger partial charge in [-0.25, -0.2) is 5.48 Å². The zero-order chi connectivity index (χ0) is 19.8. The number of ketones is 1. The number of nitrogens with zero attached hydrogens (tertiary/aromatic N) is 1. The van der Waals surface area contributed by atoms with Crippen molar-refractivity contribution in [2.45, 2.75) is 0 Å². The Hall–Kier alpha value is -2.97. The SMILES string of the molecule is COc1cc(C=NCC(=O)c2ccc(/C=C/C(=O)NO)cc2)c(Br)cc1O. The van der Waals surface area contributed by atoms with E-state index < -0.39 is 5.91 Å². The third kappa shape index (κ3) is 5.77. The second-order valence-electron chi connectivity index (χ2n) is 5.37. The Kier molecular flexibility index (Phi) is 7.27. The maximum Gasteiger partial charge on any atom is 0.267 e. The molecule has 3 N–H and O–H groups in total. The summed E-state index contributed by atoms with van der Waals surface area (Å²) in [5.41, 5.74) is 3.35. The Balaban J connectivity index is 2.02. The number of phenolic OH excluding ortho intramolecular Hbond substituents is 1. The van der Waals surface area contributed by atoms with Gasteiger partial charge in [0.1, 0.15) is 6.54 Å². The van der Waals surface area contributed by atoms with Crippen molar-refractivity contribution in [1.82, 2.24) is 5.48 Å². The van der Waals surface area contributed by atoms with E-state index in [1.54, 1.807) is 30.3 Å². The van der Waals surface area contributed by atoms with Gasteiger partial charge < -0.3 is 9.84 Å². The van der Waals surface area contributed by atoms with E-state index in [4.69, 9.17) is 9.94 Å².